The average Bonchev–Trinajstić information content (AvgIpc) is 2.12. The van der Waals surface area contributed by atoms with Crippen molar-refractivity contribution in [1.29, 1.82) is 0 Å². The zero-order valence-electron chi connectivity index (χ0n) is 12.8. The van der Waals surface area contributed by atoms with E-state index in [2.05, 4.69) is 32.5 Å². The van der Waals surface area contributed by atoms with E-state index in [4.69, 9.17) is 21.9 Å². The van der Waals surface area contributed by atoms with E-state index in [0.717, 1.165) is 0 Å². The number of nitrogens with two attached hydrogens (primary N) is 3. The first-order valence-electron chi connectivity index (χ1n) is 3.17. The summed E-state index contributed by atoms with van der Waals surface area (Å²) in [6.45, 7) is 0. The third kappa shape index (κ3) is 4550. The minimum atomic E-state index is 0. The molecule has 0 saturated carbocycles. The predicted molar refractivity (Wildman–Crippen MR) is 97.4 cm³/mol. The SMILES string of the molecule is C.C.C.C.CN.CN=[NH2+].CNCl.CNN.Cl.N.O=[NH+][O-].[Cl-].[Na+].[Na+].[OH-]. The monoisotopic (exact) mass is 449 g/mol. The van der Waals surface area contributed by atoms with Crippen molar-refractivity contribution in [3.05, 3.63) is 10.1 Å². The van der Waals surface area contributed by atoms with Crippen LogP contribution in [0.5, 0.6) is 0 Å². The van der Waals surface area contributed by atoms with Crippen LogP contribution in [0.1, 0.15) is 29.7 Å². The van der Waals surface area contributed by atoms with Gasteiger partial charge in [-0.05, 0) is 32.9 Å². The van der Waals surface area contributed by atoms with E-state index in [1.54, 1.807) is 14.1 Å². The van der Waals surface area contributed by atoms with Gasteiger partial charge in [-0.2, -0.15) is 5.53 Å². The van der Waals surface area contributed by atoms with Crippen LogP contribution in [0.25, 0.3) is 0 Å². The van der Waals surface area contributed by atoms with E-state index in [1.165, 1.54) is 14.1 Å². The fourth-order valence-corrected chi connectivity index (χ4v) is 0. The summed E-state index contributed by atoms with van der Waals surface area (Å²) in [6, 6.07) is 0. The van der Waals surface area contributed by atoms with E-state index in [0.29, 0.717) is 0 Å². The fourth-order valence-electron chi connectivity index (χ4n) is 0. The molecule has 0 aliphatic carbocycles. The molecule has 0 amide bonds. The van der Waals surface area contributed by atoms with Crippen molar-refractivity contribution in [2.24, 2.45) is 16.7 Å². The number of halogens is 3. The number of rotatable bonds is 0. The molecule has 0 heterocycles. The topological polar surface area (TPSA) is 233 Å². The molecule has 0 spiro atoms. The molecule has 0 aliphatic rings. The summed E-state index contributed by atoms with van der Waals surface area (Å²) >= 11 is 4.75. The second kappa shape index (κ2) is 434. The van der Waals surface area contributed by atoms with Gasteiger partial charge in [0, 0.05) is 5.34 Å². The third-order valence-electron chi connectivity index (χ3n) is 0. The molecule has 0 atom stereocenters. The molecule has 0 fully saturated rings. The summed E-state index contributed by atoms with van der Waals surface area (Å²) in [5, 5.41) is 11.4. The van der Waals surface area contributed by atoms with E-state index in [9.17, 15) is 0 Å². The summed E-state index contributed by atoms with van der Waals surface area (Å²) in [7, 11) is 6.32. The van der Waals surface area contributed by atoms with Crippen LogP contribution in [0.3, 0.4) is 0 Å². The molecule has 0 aromatic rings. The van der Waals surface area contributed by atoms with E-state index in [-0.39, 0.29) is 131 Å². The van der Waals surface area contributed by atoms with Gasteiger partial charge in [0.25, 0.3) is 0 Å². The van der Waals surface area contributed by atoms with Gasteiger partial charge in [0.15, 0.2) is 0 Å². The normalized spacial score (nSPS) is 2.79. The van der Waals surface area contributed by atoms with Crippen LogP contribution in [0.4, 0.5) is 0 Å². The van der Waals surface area contributed by atoms with Crippen molar-refractivity contribution >= 4 is 24.2 Å². The maximum atomic E-state index is 8.12. The molecule has 0 aromatic carbocycles. The van der Waals surface area contributed by atoms with Crippen LogP contribution in [-0.4, -0.2) is 33.7 Å². The van der Waals surface area contributed by atoms with Crippen LogP contribution in [0, 0.1) is 10.1 Å². The molecule has 0 aromatic heterocycles. The van der Waals surface area contributed by atoms with Gasteiger partial charge in [0.1, 0.15) is 0 Å². The Morgan fingerprint density at radius 1 is 1.12 bits per heavy atom. The van der Waals surface area contributed by atoms with Crippen LogP contribution < -0.4 is 110 Å². The molecule has 13 N–H and O–H groups in total. The zero-order valence-corrected chi connectivity index (χ0v) is 19.1. The Labute approximate surface area is 211 Å². The number of nitrogens with one attached hydrogen (secondary N) is 3. The van der Waals surface area contributed by atoms with Crippen molar-refractivity contribution in [2.45, 2.75) is 29.7 Å². The van der Waals surface area contributed by atoms with Crippen LogP contribution in [0.15, 0.2) is 5.11 Å². The minimum Gasteiger partial charge on any atom is -1.00 e. The standard InChI is InChI=1S/CH4ClN.CH6N2.CH4N2.CH5N.4CH4.2ClH.HNO2.H3N.2Na.H2O/c3*1-3-2;1-2;;;;;;;2-1-3;;;;/h3H,1H3;3H,2H2,1H3;2H,1H3;2H2,1H3;4*1H4;2*1H;1H;1H3;;;1H2/q;;;;;;;;;;;;2*+1;/p-1. The largest absolute Gasteiger partial charge is 1.00 e. The van der Waals surface area contributed by atoms with Crippen molar-refractivity contribution < 1.29 is 87.9 Å². The van der Waals surface area contributed by atoms with Gasteiger partial charge >= 0.3 is 59.1 Å². The Bertz CT molecular complexity index is 86.5. The average molecular weight is 451 g/mol. The van der Waals surface area contributed by atoms with Crippen molar-refractivity contribution in [3.63, 3.8) is 0 Å². The maximum Gasteiger partial charge on any atom is 1.00 e. The molecular formula is C8H42Cl3N8Na2O3+. The van der Waals surface area contributed by atoms with Crippen LogP contribution >= 0.6 is 24.2 Å². The van der Waals surface area contributed by atoms with Gasteiger partial charge in [-0.3, -0.25) is 21.4 Å². The molecular weight excluding hydrogens is 408 g/mol. The molecule has 11 nitrogen and oxygen atoms in total. The Hall–Kier alpha value is 1.63. The quantitative estimate of drug-likeness (QED) is 0.0466. The summed E-state index contributed by atoms with van der Waals surface area (Å²) in [5.74, 6) is 4.60. The van der Waals surface area contributed by atoms with Crippen molar-refractivity contribution in [3.8, 4) is 0 Å². The summed E-state index contributed by atoms with van der Waals surface area (Å²) in [4.78, 5) is 10.3. The number of nitrogens with zero attached hydrogens (tertiary/aromatic N) is 1. The first kappa shape index (κ1) is 138. The number of hydrogen-bond acceptors (Lipinski definition) is 9. The molecule has 0 unspecified atom stereocenters. The fraction of sp³-hybridized carbons (Fsp3) is 1.00. The zero-order chi connectivity index (χ0) is 12.8. The molecule has 0 saturated heterocycles. The second-order valence-electron chi connectivity index (χ2n) is 0.819. The molecule has 154 valence electrons. The second-order valence-corrected chi connectivity index (χ2v) is 1.20. The van der Waals surface area contributed by atoms with Crippen LogP contribution in [0.2, 0.25) is 0 Å². The van der Waals surface area contributed by atoms with E-state index in [1.807, 2.05) is 0 Å². The third-order valence-corrected chi connectivity index (χ3v) is 0. The molecule has 16 heteroatoms. The van der Waals surface area contributed by atoms with Crippen LogP contribution in [-0.2, 0) is 0 Å². The van der Waals surface area contributed by atoms with E-state index >= 15 is 0 Å². The van der Waals surface area contributed by atoms with Gasteiger partial charge < -0.3 is 29.8 Å². The predicted octanol–water partition coefficient (Wildman–Crippen LogP) is -9.86. The summed E-state index contributed by atoms with van der Waals surface area (Å²) < 4.78 is 0. The molecule has 24 heavy (non-hydrogen) atoms. The van der Waals surface area contributed by atoms with Gasteiger partial charge in [-0.1, -0.05) is 34.8 Å². The Kier molecular flexibility index (Phi) is 2490. The Morgan fingerprint density at radius 3 is 1.12 bits per heavy atom. The number of hydrogen-bond donors (Lipinski definition) is 7. The van der Waals surface area contributed by atoms with E-state index < -0.39 is 0 Å². The maximum absolute atomic E-state index is 8.12. The van der Waals surface area contributed by atoms with Gasteiger partial charge in [-0.15, -0.1) is 12.4 Å². The molecule has 0 rings (SSSR count). The van der Waals surface area contributed by atoms with Gasteiger partial charge in [0.05, 0.1) is 7.05 Å². The smallest absolute Gasteiger partial charge is 1.00 e. The summed E-state index contributed by atoms with van der Waals surface area (Å²) in [5.41, 5.74) is 11.2. The minimum absolute atomic E-state index is 0. The summed E-state index contributed by atoms with van der Waals surface area (Å²) in [6.07, 6.45) is 0. The van der Waals surface area contributed by atoms with Gasteiger partial charge in [-0.25, -0.2) is 4.84 Å². The number of hydrazine groups is 1. The first-order valence-corrected chi connectivity index (χ1v) is 3.55. The molecule has 0 bridgehead atoms. The Morgan fingerprint density at radius 2 is 1.12 bits per heavy atom. The van der Waals surface area contributed by atoms with Crippen molar-refractivity contribution in [2.75, 3.05) is 28.2 Å². The molecule has 0 aliphatic heterocycles. The Balaban J connectivity index is -0.00000000295. The van der Waals surface area contributed by atoms with Crippen molar-refractivity contribution in [1.82, 2.24) is 16.4 Å². The van der Waals surface area contributed by atoms with Gasteiger partial charge in [0.2, 0.25) is 0 Å². The first-order chi connectivity index (χ1) is 6.66. The molecule has 0 radical (unpaired) electrons.